The van der Waals surface area contributed by atoms with E-state index in [0.29, 0.717) is 12.2 Å². The fourth-order valence-electron chi connectivity index (χ4n) is 2.71. The fourth-order valence-corrected chi connectivity index (χ4v) is 2.71. The second-order valence-electron chi connectivity index (χ2n) is 5.80. The van der Waals surface area contributed by atoms with E-state index in [1.807, 2.05) is 55.6 Å². The third-order valence-electron chi connectivity index (χ3n) is 4.03. The standard InChI is InChI=1S/C19H21N3O/c1-15-5-4-6-17(13-15)19(23)21-14-22-11-8-16(9-12-22)18-7-2-3-10-20-18/h2-8,10,13H,9,11-12,14H2,1H3,(H,21,23). The van der Waals surface area contributed by atoms with Crippen LogP contribution in [0.15, 0.2) is 54.7 Å². The molecule has 1 aliphatic heterocycles. The number of nitrogens with zero attached hydrogens (tertiary/aromatic N) is 2. The van der Waals surface area contributed by atoms with Gasteiger partial charge in [-0.3, -0.25) is 14.7 Å². The van der Waals surface area contributed by atoms with Crippen molar-refractivity contribution in [3.05, 3.63) is 71.6 Å². The molecule has 0 radical (unpaired) electrons. The van der Waals surface area contributed by atoms with Gasteiger partial charge in [-0.15, -0.1) is 0 Å². The molecule has 0 bridgehead atoms. The fraction of sp³-hybridized carbons (Fsp3) is 0.263. The smallest absolute Gasteiger partial charge is 0.252 e. The van der Waals surface area contributed by atoms with Crippen molar-refractivity contribution in [1.29, 1.82) is 0 Å². The highest BCUT2D eigenvalue weighted by molar-refractivity contribution is 5.94. The van der Waals surface area contributed by atoms with Crippen LogP contribution in [0, 0.1) is 6.92 Å². The van der Waals surface area contributed by atoms with Crippen LogP contribution in [-0.4, -0.2) is 35.5 Å². The summed E-state index contributed by atoms with van der Waals surface area (Å²) in [7, 11) is 0. The highest BCUT2D eigenvalue weighted by atomic mass is 16.1. The van der Waals surface area contributed by atoms with Gasteiger partial charge in [0, 0.05) is 24.8 Å². The maximum Gasteiger partial charge on any atom is 0.252 e. The van der Waals surface area contributed by atoms with Crippen LogP contribution < -0.4 is 5.32 Å². The Hall–Kier alpha value is -2.46. The lowest BCUT2D eigenvalue weighted by Gasteiger charge is -2.26. The summed E-state index contributed by atoms with van der Waals surface area (Å²) in [5.74, 6) is -0.0202. The average molecular weight is 307 g/mol. The van der Waals surface area contributed by atoms with Gasteiger partial charge in [-0.1, -0.05) is 29.8 Å². The molecule has 118 valence electrons. The summed E-state index contributed by atoms with van der Waals surface area (Å²) < 4.78 is 0. The maximum atomic E-state index is 12.2. The zero-order valence-electron chi connectivity index (χ0n) is 13.3. The van der Waals surface area contributed by atoms with Gasteiger partial charge < -0.3 is 5.32 Å². The van der Waals surface area contributed by atoms with Gasteiger partial charge in [-0.2, -0.15) is 0 Å². The monoisotopic (exact) mass is 307 g/mol. The van der Waals surface area contributed by atoms with E-state index in [0.717, 1.165) is 30.8 Å². The van der Waals surface area contributed by atoms with Gasteiger partial charge in [0.25, 0.3) is 5.91 Å². The number of aromatic nitrogens is 1. The summed E-state index contributed by atoms with van der Waals surface area (Å²) in [4.78, 5) is 18.8. The third-order valence-corrected chi connectivity index (χ3v) is 4.03. The number of hydrogen-bond acceptors (Lipinski definition) is 3. The predicted molar refractivity (Wildman–Crippen MR) is 91.9 cm³/mol. The summed E-state index contributed by atoms with van der Waals surface area (Å²) in [6, 6.07) is 13.6. The predicted octanol–water partition coefficient (Wildman–Crippen LogP) is 2.87. The molecule has 2 heterocycles. The van der Waals surface area contributed by atoms with Crippen molar-refractivity contribution in [1.82, 2.24) is 15.2 Å². The summed E-state index contributed by atoms with van der Waals surface area (Å²) in [5.41, 5.74) is 4.15. The SMILES string of the molecule is Cc1cccc(C(=O)NCN2CC=C(c3ccccn3)CC2)c1. The lowest BCUT2D eigenvalue weighted by molar-refractivity contribution is 0.0926. The van der Waals surface area contributed by atoms with Crippen LogP contribution in [0.1, 0.15) is 28.0 Å². The minimum absolute atomic E-state index is 0.0202. The number of benzene rings is 1. The molecule has 1 aromatic heterocycles. The summed E-state index contributed by atoms with van der Waals surface area (Å²) in [5, 5.41) is 2.99. The van der Waals surface area contributed by atoms with Crippen molar-refractivity contribution in [2.75, 3.05) is 19.8 Å². The summed E-state index contributed by atoms with van der Waals surface area (Å²) in [6.07, 6.45) is 4.98. The number of nitrogens with one attached hydrogen (secondary N) is 1. The molecule has 2 aromatic rings. The molecule has 0 atom stereocenters. The third kappa shape index (κ3) is 4.05. The molecule has 1 aliphatic rings. The first kappa shape index (κ1) is 15.4. The van der Waals surface area contributed by atoms with Gasteiger partial charge in [-0.05, 0) is 43.2 Å². The van der Waals surface area contributed by atoms with Crippen molar-refractivity contribution in [3.63, 3.8) is 0 Å². The minimum Gasteiger partial charge on any atom is -0.339 e. The maximum absolute atomic E-state index is 12.2. The second kappa shape index (κ2) is 7.20. The lowest BCUT2D eigenvalue weighted by atomic mass is 10.0. The van der Waals surface area contributed by atoms with E-state index < -0.39 is 0 Å². The Morgan fingerprint density at radius 2 is 2.17 bits per heavy atom. The molecule has 4 heteroatoms. The van der Waals surface area contributed by atoms with E-state index in [-0.39, 0.29) is 5.91 Å². The van der Waals surface area contributed by atoms with Crippen LogP contribution in [0.2, 0.25) is 0 Å². The molecule has 0 unspecified atom stereocenters. The highest BCUT2D eigenvalue weighted by Gasteiger charge is 2.14. The number of rotatable bonds is 4. The molecule has 1 aromatic carbocycles. The average Bonchev–Trinajstić information content (AvgIpc) is 2.61. The molecule has 0 spiro atoms. The Morgan fingerprint density at radius 1 is 1.26 bits per heavy atom. The quantitative estimate of drug-likeness (QED) is 0.944. The molecule has 1 N–H and O–H groups in total. The Balaban J connectivity index is 1.53. The van der Waals surface area contributed by atoms with Gasteiger partial charge >= 0.3 is 0 Å². The van der Waals surface area contributed by atoms with E-state index in [2.05, 4.69) is 21.3 Å². The topological polar surface area (TPSA) is 45.2 Å². The van der Waals surface area contributed by atoms with E-state index in [1.54, 1.807) is 0 Å². The molecule has 23 heavy (non-hydrogen) atoms. The van der Waals surface area contributed by atoms with Crippen LogP contribution in [-0.2, 0) is 0 Å². The van der Waals surface area contributed by atoms with Crippen molar-refractivity contribution in [2.45, 2.75) is 13.3 Å². The van der Waals surface area contributed by atoms with E-state index in [1.165, 1.54) is 5.57 Å². The van der Waals surface area contributed by atoms with E-state index >= 15 is 0 Å². The first-order valence-corrected chi connectivity index (χ1v) is 7.90. The normalized spacial score (nSPS) is 15.1. The number of carbonyl (C=O) groups excluding carboxylic acids is 1. The molecule has 0 fully saturated rings. The number of hydrogen-bond donors (Lipinski definition) is 1. The van der Waals surface area contributed by atoms with Gasteiger partial charge in [0.1, 0.15) is 0 Å². The zero-order chi connectivity index (χ0) is 16.1. The summed E-state index contributed by atoms with van der Waals surface area (Å²) >= 11 is 0. The lowest BCUT2D eigenvalue weighted by Crippen LogP contribution is -2.39. The summed E-state index contributed by atoms with van der Waals surface area (Å²) in [6.45, 7) is 4.32. The van der Waals surface area contributed by atoms with Gasteiger partial charge in [0.15, 0.2) is 0 Å². The van der Waals surface area contributed by atoms with Gasteiger partial charge in [0.05, 0.1) is 12.4 Å². The van der Waals surface area contributed by atoms with Gasteiger partial charge in [-0.25, -0.2) is 0 Å². The van der Waals surface area contributed by atoms with Gasteiger partial charge in [0.2, 0.25) is 0 Å². The molecule has 3 rings (SSSR count). The van der Waals surface area contributed by atoms with Crippen molar-refractivity contribution >= 4 is 11.5 Å². The van der Waals surface area contributed by atoms with Crippen LogP contribution in [0.3, 0.4) is 0 Å². The Morgan fingerprint density at radius 3 is 2.87 bits per heavy atom. The van der Waals surface area contributed by atoms with Crippen molar-refractivity contribution in [3.8, 4) is 0 Å². The van der Waals surface area contributed by atoms with Crippen LogP contribution >= 0.6 is 0 Å². The Labute approximate surface area is 136 Å². The first-order valence-electron chi connectivity index (χ1n) is 7.90. The van der Waals surface area contributed by atoms with E-state index in [4.69, 9.17) is 0 Å². The Bertz CT molecular complexity index is 710. The van der Waals surface area contributed by atoms with E-state index in [9.17, 15) is 4.79 Å². The largest absolute Gasteiger partial charge is 0.339 e. The number of aryl methyl sites for hydroxylation is 1. The molecule has 4 nitrogen and oxygen atoms in total. The van der Waals surface area contributed by atoms with Crippen LogP contribution in [0.4, 0.5) is 0 Å². The zero-order valence-corrected chi connectivity index (χ0v) is 13.3. The molecule has 1 amide bonds. The minimum atomic E-state index is -0.0202. The van der Waals surface area contributed by atoms with Crippen LogP contribution in [0.25, 0.3) is 5.57 Å². The number of amides is 1. The second-order valence-corrected chi connectivity index (χ2v) is 5.80. The van der Waals surface area contributed by atoms with Crippen molar-refractivity contribution < 1.29 is 4.79 Å². The molecular formula is C19H21N3O. The molecule has 0 saturated heterocycles. The molecular weight excluding hydrogens is 286 g/mol. The first-order chi connectivity index (χ1) is 11.2. The highest BCUT2D eigenvalue weighted by Crippen LogP contribution is 2.19. The van der Waals surface area contributed by atoms with Crippen molar-refractivity contribution in [2.24, 2.45) is 0 Å². The molecule has 0 saturated carbocycles. The number of pyridine rings is 1. The van der Waals surface area contributed by atoms with Crippen LogP contribution in [0.5, 0.6) is 0 Å². The number of carbonyl (C=O) groups is 1. The molecule has 0 aliphatic carbocycles. The Kier molecular flexibility index (Phi) is 4.83.